The van der Waals surface area contributed by atoms with Gasteiger partial charge in [0.1, 0.15) is 5.56 Å². The first-order valence-electron chi connectivity index (χ1n) is 7.51. The van der Waals surface area contributed by atoms with Crippen molar-refractivity contribution >= 4 is 22.6 Å². The molecular formula is C19H18N2O3. The molecule has 3 aromatic rings. The van der Waals surface area contributed by atoms with Gasteiger partial charge in [-0.3, -0.25) is 4.79 Å². The maximum absolute atomic E-state index is 11.8. The van der Waals surface area contributed by atoms with Crippen molar-refractivity contribution in [3.05, 3.63) is 64.7 Å². The fraction of sp³-hybridized carbons (Fsp3) is 0.158. The van der Waals surface area contributed by atoms with Crippen LogP contribution in [0.25, 0.3) is 11.0 Å². The average molecular weight is 322 g/mol. The molecule has 5 heteroatoms. The van der Waals surface area contributed by atoms with Gasteiger partial charge in [-0.1, -0.05) is 18.2 Å². The minimum Gasteiger partial charge on any atom is -0.493 e. The van der Waals surface area contributed by atoms with Crippen LogP contribution >= 0.6 is 0 Å². The monoisotopic (exact) mass is 322 g/mol. The van der Waals surface area contributed by atoms with E-state index in [0.29, 0.717) is 17.0 Å². The van der Waals surface area contributed by atoms with E-state index in [1.165, 1.54) is 0 Å². The summed E-state index contributed by atoms with van der Waals surface area (Å²) in [5, 5.41) is 0.725. The number of primary amides is 1. The zero-order chi connectivity index (χ0) is 17.3. The molecule has 2 aromatic carbocycles. The third-order valence-electron chi connectivity index (χ3n) is 3.66. The Labute approximate surface area is 139 Å². The van der Waals surface area contributed by atoms with Crippen LogP contribution in [-0.4, -0.2) is 13.0 Å². The summed E-state index contributed by atoms with van der Waals surface area (Å²) in [7, 11) is 1.56. The lowest BCUT2D eigenvalue weighted by atomic mass is 10.1. The van der Waals surface area contributed by atoms with Crippen molar-refractivity contribution in [3.8, 4) is 5.75 Å². The van der Waals surface area contributed by atoms with E-state index in [0.717, 1.165) is 16.5 Å². The van der Waals surface area contributed by atoms with Crippen molar-refractivity contribution in [2.45, 2.75) is 13.8 Å². The highest BCUT2D eigenvalue weighted by molar-refractivity contribution is 5.96. The number of fused-ring (bicyclic) bond motifs is 1. The third kappa shape index (κ3) is 3.01. The fourth-order valence-corrected chi connectivity index (χ4v) is 2.68. The summed E-state index contributed by atoms with van der Waals surface area (Å²) in [5.41, 5.74) is 9.28. The Balaban J connectivity index is 2.34. The predicted molar refractivity (Wildman–Crippen MR) is 92.4 cm³/mol. The zero-order valence-electron chi connectivity index (χ0n) is 13.8. The van der Waals surface area contributed by atoms with Gasteiger partial charge in [0.05, 0.1) is 12.8 Å². The van der Waals surface area contributed by atoms with Gasteiger partial charge >= 0.3 is 0 Å². The Morgan fingerprint density at radius 3 is 2.46 bits per heavy atom. The summed E-state index contributed by atoms with van der Waals surface area (Å²) >= 11 is 0. The highest BCUT2D eigenvalue weighted by Gasteiger charge is 2.12. The Morgan fingerprint density at radius 1 is 1.12 bits per heavy atom. The molecule has 24 heavy (non-hydrogen) atoms. The van der Waals surface area contributed by atoms with Crippen LogP contribution in [-0.2, 0) is 0 Å². The molecule has 1 amide bonds. The molecule has 3 rings (SSSR count). The number of rotatable bonds is 3. The lowest BCUT2D eigenvalue weighted by molar-refractivity contribution is 0.0996. The molecule has 1 heterocycles. The Morgan fingerprint density at radius 2 is 1.83 bits per heavy atom. The van der Waals surface area contributed by atoms with E-state index in [-0.39, 0.29) is 11.1 Å². The molecule has 5 nitrogen and oxygen atoms in total. The second-order valence-electron chi connectivity index (χ2n) is 5.67. The molecule has 0 aliphatic rings. The number of amides is 1. The van der Waals surface area contributed by atoms with Crippen molar-refractivity contribution in [2.24, 2.45) is 10.7 Å². The van der Waals surface area contributed by atoms with E-state index < -0.39 is 5.91 Å². The van der Waals surface area contributed by atoms with Crippen molar-refractivity contribution < 1.29 is 13.9 Å². The molecule has 0 fully saturated rings. The van der Waals surface area contributed by atoms with E-state index in [2.05, 4.69) is 11.1 Å². The van der Waals surface area contributed by atoms with Crippen LogP contribution in [0.2, 0.25) is 0 Å². The number of hydrogen-bond acceptors (Lipinski definition) is 4. The van der Waals surface area contributed by atoms with Crippen LogP contribution in [0.3, 0.4) is 0 Å². The third-order valence-corrected chi connectivity index (χ3v) is 3.66. The lowest BCUT2D eigenvalue weighted by Crippen LogP contribution is -2.21. The van der Waals surface area contributed by atoms with Gasteiger partial charge in [0, 0.05) is 5.39 Å². The normalized spacial score (nSPS) is 11.7. The van der Waals surface area contributed by atoms with E-state index in [1.807, 2.05) is 38.1 Å². The van der Waals surface area contributed by atoms with Gasteiger partial charge in [-0.15, -0.1) is 0 Å². The summed E-state index contributed by atoms with van der Waals surface area (Å²) < 4.78 is 11.2. The first-order valence-corrected chi connectivity index (χ1v) is 7.51. The Bertz CT molecular complexity index is 983. The quantitative estimate of drug-likeness (QED) is 0.803. The lowest BCUT2D eigenvalue weighted by Gasteiger charge is -2.06. The molecule has 0 spiro atoms. The number of carbonyl (C=O) groups is 1. The van der Waals surface area contributed by atoms with E-state index in [1.54, 1.807) is 19.2 Å². The number of carbonyl (C=O) groups excluding carboxylic acids is 1. The van der Waals surface area contributed by atoms with Crippen LogP contribution < -0.4 is 16.0 Å². The number of nitrogens with two attached hydrogens (primary N) is 1. The van der Waals surface area contributed by atoms with Crippen molar-refractivity contribution in [1.29, 1.82) is 0 Å². The molecule has 0 atom stereocenters. The molecule has 0 aliphatic carbocycles. The number of methoxy groups -OCH3 is 1. The average Bonchev–Trinajstić information content (AvgIpc) is 2.52. The molecule has 0 aliphatic heterocycles. The predicted octanol–water partition coefficient (Wildman–Crippen LogP) is 3.39. The summed E-state index contributed by atoms with van der Waals surface area (Å²) in [6.07, 6.45) is 0. The van der Waals surface area contributed by atoms with E-state index in [4.69, 9.17) is 14.9 Å². The molecule has 1 aromatic heterocycles. The van der Waals surface area contributed by atoms with Crippen LogP contribution in [0.1, 0.15) is 21.5 Å². The van der Waals surface area contributed by atoms with Gasteiger partial charge in [0.25, 0.3) is 5.91 Å². The van der Waals surface area contributed by atoms with Gasteiger partial charge in [-0.2, -0.15) is 0 Å². The minimum atomic E-state index is -0.591. The van der Waals surface area contributed by atoms with Crippen LogP contribution in [0.15, 0.2) is 51.9 Å². The number of aryl methyl sites for hydroxylation is 2. The zero-order valence-corrected chi connectivity index (χ0v) is 13.8. The number of para-hydroxylation sites is 1. The summed E-state index contributed by atoms with van der Waals surface area (Å²) in [4.78, 5) is 16.3. The van der Waals surface area contributed by atoms with Crippen LogP contribution in [0.5, 0.6) is 5.75 Å². The Kier molecular flexibility index (Phi) is 4.08. The molecule has 0 unspecified atom stereocenters. The second-order valence-corrected chi connectivity index (χ2v) is 5.67. The van der Waals surface area contributed by atoms with Crippen molar-refractivity contribution in [1.82, 2.24) is 0 Å². The molecule has 0 saturated heterocycles. The summed E-state index contributed by atoms with van der Waals surface area (Å²) in [5.74, 6) is -0.0213. The first kappa shape index (κ1) is 15.8. The molecular weight excluding hydrogens is 304 g/mol. The maximum Gasteiger partial charge on any atom is 0.254 e. The summed E-state index contributed by atoms with van der Waals surface area (Å²) in [6.45, 7) is 3.98. The largest absolute Gasteiger partial charge is 0.493 e. The molecule has 122 valence electrons. The van der Waals surface area contributed by atoms with Gasteiger partial charge in [-0.05, 0) is 49.2 Å². The van der Waals surface area contributed by atoms with Gasteiger partial charge in [-0.25, -0.2) is 4.99 Å². The molecule has 0 saturated carbocycles. The molecule has 0 radical (unpaired) electrons. The second kappa shape index (κ2) is 6.20. The minimum absolute atomic E-state index is 0.171. The SMILES string of the molecule is COc1cccc2cc(C(N)=O)c(=Nc3cc(C)cc(C)c3)oc12. The fourth-order valence-electron chi connectivity index (χ4n) is 2.68. The van der Waals surface area contributed by atoms with Gasteiger partial charge in [0.15, 0.2) is 11.3 Å². The summed E-state index contributed by atoms with van der Waals surface area (Å²) in [6, 6.07) is 13.0. The molecule has 0 bridgehead atoms. The highest BCUT2D eigenvalue weighted by Crippen LogP contribution is 2.25. The van der Waals surface area contributed by atoms with Gasteiger partial charge < -0.3 is 14.9 Å². The molecule has 2 N–H and O–H groups in total. The number of ether oxygens (including phenoxy) is 1. The topological polar surface area (TPSA) is 77.8 Å². The highest BCUT2D eigenvalue weighted by atomic mass is 16.5. The number of nitrogens with zero attached hydrogens (tertiary/aromatic N) is 1. The van der Waals surface area contributed by atoms with Gasteiger partial charge in [0.2, 0.25) is 5.55 Å². The smallest absolute Gasteiger partial charge is 0.254 e. The van der Waals surface area contributed by atoms with E-state index in [9.17, 15) is 4.79 Å². The van der Waals surface area contributed by atoms with E-state index >= 15 is 0 Å². The van der Waals surface area contributed by atoms with Crippen LogP contribution in [0, 0.1) is 13.8 Å². The standard InChI is InChI=1S/C19H18N2O3/c1-11-7-12(2)9-14(8-11)21-19-15(18(20)22)10-13-5-4-6-16(23-3)17(13)24-19/h4-10H,1-3H3,(H2,20,22). The van der Waals surface area contributed by atoms with Crippen LogP contribution in [0.4, 0.5) is 5.69 Å². The Hall–Kier alpha value is -3.08. The van der Waals surface area contributed by atoms with Crippen molar-refractivity contribution in [2.75, 3.05) is 7.11 Å². The first-order chi connectivity index (χ1) is 11.5. The maximum atomic E-state index is 11.8. The number of benzene rings is 2. The number of hydrogen-bond donors (Lipinski definition) is 1. The van der Waals surface area contributed by atoms with Crippen molar-refractivity contribution in [3.63, 3.8) is 0 Å².